The Balaban J connectivity index is 1.35. The Bertz CT molecular complexity index is 480. The van der Waals surface area contributed by atoms with Gasteiger partial charge >= 0.3 is 0 Å². The lowest BCUT2D eigenvalue weighted by molar-refractivity contribution is 0.137. The van der Waals surface area contributed by atoms with Gasteiger partial charge in [-0.1, -0.05) is 49.9 Å². The molecule has 114 valence electrons. The topological polar surface area (TPSA) is 12.0 Å². The van der Waals surface area contributed by atoms with Crippen LogP contribution in [-0.2, 0) is 12.8 Å². The van der Waals surface area contributed by atoms with Crippen molar-refractivity contribution in [2.24, 2.45) is 11.8 Å². The highest BCUT2D eigenvalue weighted by Gasteiger charge is 2.33. The molecule has 2 fully saturated rings. The number of fused-ring (bicyclic) bond motifs is 2. The van der Waals surface area contributed by atoms with Crippen LogP contribution in [0.3, 0.4) is 0 Å². The predicted octanol–water partition coefficient (Wildman–Crippen LogP) is 4.49. The maximum absolute atomic E-state index is 4.03. The first-order chi connectivity index (χ1) is 10.4. The molecule has 4 unspecified atom stereocenters. The van der Waals surface area contributed by atoms with E-state index >= 15 is 0 Å². The highest BCUT2D eigenvalue weighted by molar-refractivity contribution is 5.30. The minimum atomic E-state index is 0.727. The molecule has 0 bridgehead atoms. The van der Waals surface area contributed by atoms with E-state index in [1.165, 1.54) is 64.2 Å². The first-order valence-corrected chi connectivity index (χ1v) is 9.21. The Morgan fingerprint density at radius 3 is 2.48 bits per heavy atom. The fourth-order valence-electron chi connectivity index (χ4n) is 5.20. The highest BCUT2D eigenvalue weighted by Crippen LogP contribution is 2.40. The summed E-state index contributed by atoms with van der Waals surface area (Å²) < 4.78 is 0. The third-order valence-electron chi connectivity index (χ3n) is 6.36. The molecule has 0 aromatic heterocycles. The van der Waals surface area contributed by atoms with Crippen molar-refractivity contribution in [3.05, 3.63) is 35.4 Å². The second kappa shape index (κ2) is 6.12. The van der Waals surface area contributed by atoms with Crippen LogP contribution in [0.4, 0.5) is 0 Å². The van der Waals surface area contributed by atoms with Gasteiger partial charge in [0.05, 0.1) is 0 Å². The lowest BCUT2D eigenvalue weighted by Gasteiger charge is -2.41. The van der Waals surface area contributed by atoms with Gasteiger partial charge in [0.25, 0.3) is 0 Å². The average Bonchev–Trinajstić information content (AvgIpc) is 2.55. The van der Waals surface area contributed by atoms with E-state index in [1.54, 1.807) is 11.1 Å². The van der Waals surface area contributed by atoms with E-state index in [2.05, 4.69) is 29.6 Å². The molecule has 1 N–H and O–H groups in total. The van der Waals surface area contributed by atoms with Crippen LogP contribution in [0.1, 0.15) is 62.5 Å². The second-order valence-corrected chi connectivity index (χ2v) is 7.69. The average molecular weight is 283 g/mol. The first-order valence-electron chi connectivity index (χ1n) is 9.21. The number of hydrogen-bond acceptors (Lipinski definition) is 1. The van der Waals surface area contributed by atoms with Crippen LogP contribution >= 0.6 is 0 Å². The summed E-state index contributed by atoms with van der Waals surface area (Å²) in [7, 11) is 0. The van der Waals surface area contributed by atoms with Gasteiger partial charge in [0, 0.05) is 12.1 Å². The molecule has 3 aliphatic rings. The van der Waals surface area contributed by atoms with Gasteiger partial charge in [0.1, 0.15) is 0 Å². The van der Waals surface area contributed by atoms with Gasteiger partial charge in [-0.3, -0.25) is 0 Å². The van der Waals surface area contributed by atoms with Crippen molar-refractivity contribution in [1.29, 1.82) is 0 Å². The van der Waals surface area contributed by atoms with Crippen LogP contribution in [0.15, 0.2) is 24.3 Å². The fraction of sp³-hybridized carbons (Fsp3) is 0.700. The van der Waals surface area contributed by atoms with Crippen LogP contribution < -0.4 is 5.32 Å². The standard InChI is InChI=1S/C20H29N/c1-3-7-17-13-19(11-9-15(17)5-1)21-20-12-10-16-6-2-4-8-18(16)14-20/h1,3,5,7,16,18-21H,2,4,6,8-14H2. The summed E-state index contributed by atoms with van der Waals surface area (Å²) in [4.78, 5) is 0. The number of rotatable bonds is 2. The minimum Gasteiger partial charge on any atom is -0.311 e. The second-order valence-electron chi connectivity index (χ2n) is 7.69. The summed E-state index contributed by atoms with van der Waals surface area (Å²) in [6, 6.07) is 10.6. The molecule has 2 saturated carbocycles. The van der Waals surface area contributed by atoms with E-state index < -0.39 is 0 Å². The molecular weight excluding hydrogens is 254 g/mol. The Labute approximate surface area is 129 Å². The minimum absolute atomic E-state index is 0.727. The molecule has 4 rings (SSSR count). The third-order valence-corrected chi connectivity index (χ3v) is 6.36. The number of benzene rings is 1. The molecule has 0 saturated heterocycles. The molecule has 1 heteroatoms. The molecule has 0 amide bonds. The van der Waals surface area contributed by atoms with E-state index in [0.717, 1.165) is 23.9 Å². The Hall–Kier alpha value is -0.820. The van der Waals surface area contributed by atoms with Crippen LogP contribution in [-0.4, -0.2) is 12.1 Å². The number of hydrogen-bond donors (Lipinski definition) is 1. The first kappa shape index (κ1) is 13.8. The summed E-state index contributed by atoms with van der Waals surface area (Å²) >= 11 is 0. The van der Waals surface area contributed by atoms with Crippen molar-refractivity contribution in [2.45, 2.75) is 76.3 Å². The van der Waals surface area contributed by atoms with Gasteiger partial charge in [-0.15, -0.1) is 0 Å². The molecule has 1 aromatic carbocycles. The summed E-state index contributed by atoms with van der Waals surface area (Å²) in [5, 5.41) is 4.03. The molecule has 1 nitrogen and oxygen atoms in total. The van der Waals surface area contributed by atoms with Gasteiger partial charge in [-0.25, -0.2) is 0 Å². The van der Waals surface area contributed by atoms with Gasteiger partial charge in [0.15, 0.2) is 0 Å². The maximum atomic E-state index is 4.03. The zero-order valence-corrected chi connectivity index (χ0v) is 13.2. The normalized spacial score (nSPS) is 35.8. The SMILES string of the molecule is c1ccc2c(c1)CCC(NC1CCC3CCCCC3C1)C2. The van der Waals surface area contributed by atoms with Crippen molar-refractivity contribution in [2.75, 3.05) is 0 Å². The van der Waals surface area contributed by atoms with Gasteiger partial charge < -0.3 is 5.32 Å². The van der Waals surface area contributed by atoms with Crippen molar-refractivity contribution >= 4 is 0 Å². The van der Waals surface area contributed by atoms with E-state index in [4.69, 9.17) is 0 Å². The molecule has 0 heterocycles. The Kier molecular flexibility index (Phi) is 4.03. The summed E-state index contributed by atoms with van der Waals surface area (Å²) in [6.45, 7) is 0. The fourth-order valence-corrected chi connectivity index (χ4v) is 5.20. The van der Waals surface area contributed by atoms with Gasteiger partial charge in [-0.05, 0) is 61.5 Å². The molecule has 0 aliphatic heterocycles. The molecule has 1 aromatic rings. The number of nitrogens with one attached hydrogen (secondary N) is 1. The van der Waals surface area contributed by atoms with Gasteiger partial charge in [-0.2, -0.15) is 0 Å². The Morgan fingerprint density at radius 2 is 1.57 bits per heavy atom. The monoisotopic (exact) mass is 283 g/mol. The zero-order chi connectivity index (χ0) is 14.1. The number of aryl methyl sites for hydroxylation is 1. The molecule has 0 radical (unpaired) electrons. The summed E-state index contributed by atoms with van der Waals surface area (Å²) in [5.74, 6) is 2.12. The predicted molar refractivity (Wildman–Crippen MR) is 88.5 cm³/mol. The third kappa shape index (κ3) is 3.04. The largest absolute Gasteiger partial charge is 0.311 e. The molecular formula is C20H29N. The van der Waals surface area contributed by atoms with Crippen LogP contribution in [0.5, 0.6) is 0 Å². The van der Waals surface area contributed by atoms with Crippen molar-refractivity contribution < 1.29 is 0 Å². The van der Waals surface area contributed by atoms with Crippen molar-refractivity contribution in [3.63, 3.8) is 0 Å². The van der Waals surface area contributed by atoms with Crippen LogP contribution in [0.2, 0.25) is 0 Å². The summed E-state index contributed by atoms with van der Waals surface area (Å²) in [6.07, 6.45) is 14.3. The maximum Gasteiger partial charge on any atom is 0.0113 e. The van der Waals surface area contributed by atoms with Crippen molar-refractivity contribution in [1.82, 2.24) is 5.32 Å². The quantitative estimate of drug-likeness (QED) is 0.843. The molecule has 3 aliphatic carbocycles. The van der Waals surface area contributed by atoms with E-state index in [-0.39, 0.29) is 0 Å². The van der Waals surface area contributed by atoms with Crippen LogP contribution in [0.25, 0.3) is 0 Å². The van der Waals surface area contributed by atoms with Crippen LogP contribution in [0, 0.1) is 11.8 Å². The van der Waals surface area contributed by atoms with E-state index in [9.17, 15) is 0 Å². The molecule has 4 atom stereocenters. The van der Waals surface area contributed by atoms with Gasteiger partial charge in [0.2, 0.25) is 0 Å². The lowest BCUT2D eigenvalue weighted by atomic mass is 9.69. The highest BCUT2D eigenvalue weighted by atomic mass is 15.0. The smallest absolute Gasteiger partial charge is 0.0113 e. The zero-order valence-electron chi connectivity index (χ0n) is 13.2. The van der Waals surface area contributed by atoms with Crippen molar-refractivity contribution in [3.8, 4) is 0 Å². The lowest BCUT2D eigenvalue weighted by Crippen LogP contribution is -2.45. The van der Waals surface area contributed by atoms with E-state index in [0.29, 0.717) is 0 Å². The molecule has 0 spiro atoms. The van der Waals surface area contributed by atoms with E-state index in [1.807, 2.05) is 0 Å². The summed E-state index contributed by atoms with van der Waals surface area (Å²) in [5.41, 5.74) is 3.18. The Morgan fingerprint density at radius 1 is 0.762 bits per heavy atom. The molecule has 21 heavy (non-hydrogen) atoms.